The van der Waals surface area contributed by atoms with Crippen LogP contribution in [0.1, 0.15) is 11.1 Å². The van der Waals surface area contributed by atoms with Gasteiger partial charge in [-0.15, -0.1) is 0 Å². The van der Waals surface area contributed by atoms with Crippen LogP contribution in [0.3, 0.4) is 0 Å². The number of aryl methyl sites for hydroxylation is 1. The van der Waals surface area contributed by atoms with E-state index in [9.17, 15) is 0 Å². The second-order valence-electron chi connectivity index (χ2n) is 4.12. The zero-order chi connectivity index (χ0) is 13.1. The van der Waals surface area contributed by atoms with E-state index < -0.39 is 0 Å². The molecule has 2 rings (SSSR count). The number of rotatable bonds is 3. The van der Waals surface area contributed by atoms with Crippen molar-refractivity contribution in [1.29, 1.82) is 0 Å². The molecule has 0 spiro atoms. The predicted octanol–water partition coefficient (Wildman–Crippen LogP) is 2.46. The van der Waals surface area contributed by atoms with Gasteiger partial charge in [-0.2, -0.15) is 9.97 Å². The van der Waals surface area contributed by atoms with Gasteiger partial charge in [0.15, 0.2) is 0 Å². The van der Waals surface area contributed by atoms with Crippen molar-refractivity contribution in [3.63, 3.8) is 0 Å². The Morgan fingerprint density at radius 2 is 1.83 bits per heavy atom. The highest BCUT2D eigenvalue weighted by Crippen LogP contribution is 2.23. The number of anilines is 4. The van der Waals surface area contributed by atoms with Crippen molar-refractivity contribution in [3.05, 3.63) is 35.4 Å². The molecule has 0 fully saturated rings. The number of nitrogens with zero attached hydrogens (tertiary/aromatic N) is 2. The molecule has 0 saturated heterocycles. The van der Waals surface area contributed by atoms with Crippen molar-refractivity contribution in [2.75, 3.05) is 23.4 Å². The average molecular weight is 243 g/mol. The third-order valence-corrected chi connectivity index (χ3v) is 2.87. The molecule has 0 unspecified atom stereocenters. The summed E-state index contributed by atoms with van der Waals surface area (Å²) in [6, 6.07) is 7.92. The molecule has 0 radical (unpaired) electrons. The highest BCUT2D eigenvalue weighted by atomic mass is 15.1. The smallest absolute Gasteiger partial charge is 0.223 e. The summed E-state index contributed by atoms with van der Waals surface area (Å²) in [4.78, 5) is 8.21. The summed E-state index contributed by atoms with van der Waals surface area (Å²) in [5, 5.41) is 6.21. The van der Waals surface area contributed by atoms with Crippen molar-refractivity contribution in [3.8, 4) is 0 Å². The van der Waals surface area contributed by atoms with Crippen LogP contribution in [0.2, 0.25) is 0 Å². The van der Waals surface area contributed by atoms with Crippen LogP contribution in [-0.4, -0.2) is 17.0 Å². The summed E-state index contributed by atoms with van der Waals surface area (Å²) in [5.41, 5.74) is 9.11. The summed E-state index contributed by atoms with van der Waals surface area (Å²) >= 11 is 0. The number of hydrogen-bond acceptors (Lipinski definition) is 5. The first-order valence-electron chi connectivity index (χ1n) is 5.75. The minimum Gasteiger partial charge on any atom is -0.373 e. The minimum absolute atomic E-state index is 0.245. The van der Waals surface area contributed by atoms with E-state index in [0.29, 0.717) is 11.6 Å². The highest BCUT2D eigenvalue weighted by Gasteiger charge is 2.04. The van der Waals surface area contributed by atoms with Gasteiger partial charge in [-0.25, -0.2) is 0 Å². The second-order valence-corrected chi connectivity index (χ2v) is 4.12. The van der Waals surface area contributed by atoms with E-state index in [-0.39, 0.29) is 5.95 Å². The van der Waals surface area contributed by atoms with Gasteiger partial charge in [0.05, 0.1) is 0 Å². The maximum absolute atomic E-state index is 5.65. The molecule has 0 saturated carbocycles. The quantitative estimate of drug-likeness (QED) is 0.772. The molecule has 0 amide bonds. The summed E-state index contributed by atoms with van der Waals surface area (Å²) in [7, 11) is 1.80. The van der Waals surface area contributed by atoms with Gasteiger partial charge >= 0.3 is 0 Å². The molecule has 0 atom stereocenters. The van der Waals surface area contributed by atoms with Crippen molar-refractivity contribution in [2.45, 2.75) is 13.8 Å². The SMILES string of the molecule is CNc1cc(Nc2cccc(C)c2C)nc(N)n1. The van der Waals surface area contributed by atoms with Crippen molar-refractivity contribution in [2.24, 2.45) is 0 Å². The molecule has 1 aromatic heterocycles. The van der Waals surface area contributed by atoms with Gasteiger partial charge in [0.2, 0.25) is 5.95 Å². The van der Waals surface area contributed by atoms with Crippen LogP contribution < -0.4 is 16.4 Å². The zero-order valence-corrected chi connectivity index (χ0v) is 10.8. The van der Waals surface area contributed by atoms with Crippen LogP contribution in [0.4, 0.5) is 23.3 Å². The third-order valence-electron chi connectivity index (χ3n) is 2.87. The molecule has 0 aliphatic heterocycles. The molecule has 18 heavy (non-hydrogen) atoms. The average Bonchev–Trinajstić information content (AvgIpc) is 2.34. The van der Waals surface area contributed by atoms with Crippen LogP contribution in [0, 0.1) is 13.8 Å². The van der Waals surface area contributed by atoms with E-state index in [4.69, 9.17) is 5.73 Å². The van der Waals surface area contributed by atoms with E-state index in [1.807, 2.05) is 18.2 Å². The van der Waals surface area contributed by atoms with E-state index in [2.05, 4.69) is 40.5 Å². The normalized spacial score (nSPS) is 10.2. The lowest BCUT2D eigenvalue weighted by Crippen LogP contribution is -2.04. The lowest BCUT2D eigenvalue weighted by atomic mass is 10.1. The molecule has 5 heteroatoms. The number of nitrogens with two attached hydrogens (primary N) is 1. The summed E-state index contributed by atoms with van der Waals surface area (Å²) in [6.45, 7) is 4.15. The maximum atomic E-state index is 5.65. The van der Waals surface area contributed by atoms with Crippen molar-refractivity contribution < 1.29 is 0 Å². The molecular formula is C13H17N5. The van der Waals surface area contributed by atoms with Gasteiger partial charge in [-0.3, -0.25) is 0 Å². The van der Waals surface area contributed by atoms with Crippen molar-refractivity contribution >= 4 is 23.3 Å². The van der Waals surface area contributed by atoms with Gasteiger partial charge in [0.25, 0.3) is 0 Å². The van der Waals surface area contributed by atoms with Crippen LogP contribution in [0.15, 0.2) is 24.3 Å². The third kappa shape index (κ3) is 2.51. The maximum Gasteiger partial charge on any atom is 0.223 e. The van der Waals surface area contributed by atoms with Crippen LogP contribution >= 0.6 is 0 Å². The summed E-state index contributed by atoms with van der Waals surface area (Å²) in [6.07, 6.45) is 0. The fraction of sp³-hybridized carbons (Fsp3) is 0.231. The van der Waals surface area contributed by atoms with Crippen LogP contribution in [-0.2, 0) is 0 Å². The van der Waals surface area contributed by atoms with Gasteiger partial charge in [0.1, 0.15) is 11.6 Å². The summed E-state index contributed by atoms with van der Waals surface area (Å²) < 4.78 is 0. The van der Waals surface area contributed by atoms with E-state index in [1.54, 1.807) is 7.05 Å². The van der Waals surface area contributed by atoms with E-state index in [0.717, 1.165) is 5.69 Å². The number of nitrogen functional groups attached to an aromatic ring is 1. The Morgan fingerprint density at radius 1 is 1.11 bits per heavy atom. The largest absolute Gasteiger partial charge is 0.373 e. The minimum atomic E-state index is 0.245. The molecule has 5 nitrogen and oxygen atoms in total. The molecular weight excluding hydrogens is 226 g/mol. The Morgan fingerprint density at radius 3 is 2.56 bits per heavy atom. The first-order valence-corrected chi connectivity index (χ1v) is 5.75. The molecule has 1 heterocycles. The van der Waals surface area contributed by atoms with Gasteiger partial charge in [-0.05, 0) is 31.0 Å². The first kappa shape index (κ1) is 12.2. The zero-order valence-electron chi connectivity index (χ0n) is 10.8. The Labute approximate surface area is 106 Å². The summed E-state index contributed by atoms with van der Waals surface area (Å²) in [5.74, 6) is 1.62. The lowest BCUT2D eigenvalue weighted by Gasteiger charge is -2.11. The number of aromatic nitrogens is 2. The second kappa shape index (κ2) is 4.91. The van der Waals surface area contributed by atoms with E-state index in [1.165, 1.54) is 11.1 Å². The Kier molecular flexibility index (Phi) is 3.32. The molecule has 4 N–H and O–H groups in total. The number of hydrogen-bond donors (Lipinski definition) is 3. The molecule has 0 bridgehead atoms. The van der Waals surface area contributed by atoms with Crippen molar-refractivity contribution in [1.82, 2.24) is 9.97 Å². The predicted molar refractivity (Wildman–Crippen MR) is 75.2 cm³/mol. The van der Waals surface area contributed by atoms with Gasteiger partial charge in [0, 0.05) is 18.8 Å². The topological polar surface area (TPSA) is 75.9 Å². The Bertz CT molecular complexity index is 565. The molecule has 0 aliphatic carbocycles. The van der Waals surface area contributed by atoms with Gasteiger partial charge in [-0.1, -0.05) is 12.1 Å². The Balaban J connectivity index is 2.34. The Hall–Kier alpha value is -2.30. The standard InChI is InChI=1S/C13H17N5/c1-8-5-4-6-10(9(8)2)16-12-7-11(15-3)17-13(14)18-12/h4-7H,1-3H3,(H4,14,15,16,17,18). The first-order chi connectivity index (χ1) is 8.60. The molecule has 2 aromatic rings. The number of benzene rings is 1. The lowest BCUT2D eigenvalue weighted by molar-refractivity contribution is 1.17. The molecule has 94 valence electrons. The molecule has 0 aliphatic rings. The van der Waals surface area contributed by atoms with E-state index >= 15 is 0 Å². The highest BCUT2D eigenvalue weighted by molar-refractivity contribution is 5.64. The van der Waals surface area contributed by atoms with Crippen LogP contribution in [0.5, 0.6) is 0 Å². The monoisotopic (exact) mass is 243 g/mol. The fourth-order valence-corrected chi connectivity index (χ4v) is 1.68. The van der Waals surface area contributed by atoms with Crippen LogP contribution in [0.25, 0.3) is 0 Å². The fourth-order valence-electron chi connectivity index (χ4n) is 1.68. The number of nitrogens with one attached hydrogen (secondary N) is 2. The van der Waals surface area contributed by atoms with Gasteiger partial charge < -0.3 is 16.4 Å². The molecule has 1 aromatic carbocycles.